The Morgan fingerprint density at radius 1 is 1.30 bits per heavy atom. The van der Waals surface area contributed by atoms with Crippen LogP contribution < -0.4 is 4.90 Å². The van der Waals surface area contributed by atoms with Gasteiger partial charge in [-0.2, -0.15) is 5.10 Å². The summed E-state index contributed by atoms with van der Waals surface area (Å²) in [5, 5.41) is 17.7. The van der Waals surface area contributed by atoms with Crippen molar-refractivity contribution < 1.29 is 9.90 Å². The van der Waals surface area contributed by atoms with Gasteiger partial charge in [0.2, 0.25) is 0 Å². The summed E-state index contributed by atoms with van der Waals surface area (Å²) in [4.78, 5) is 13.2. The molecule has 1 aromatic heterocycles. The predicted molar refractivity (Wildman–Crippen MR) is 75.8 cm³/mol. The number of aromatic nitrogens is 2. The molecule has 5 nitrogen and oxygen atoms in total. The molecule has 1 atom stereocenters. The molecule has 1 N–H and O–H groups in total. The van der Waals surface area contributed by atoms with Crippen LogP contribution in [0.2, 0.25) is 0 Å². The molecule has 2 heterocycles. The predicted octanol–water partition coefficient (Wildman–Crippen LogP) is 1.90. The third kappa shape index (κ3) is 2.62. The number of carboxylic acid groups (broad SMARTS) is 1. The van der Waals surface area contributed by atoms with Crippen molar-refractivity contribution in [2.45, 2.75) is 39.0 Å². The van der Waals surface area contributed by atoms with Crippen LogP contribution in [-0.4, -0.2) is 34.4 Å². The number of aryl methyl sites for hydroxylation is 1. The summed E-state index contributed by atoms with van der Waals surface area (Å²) in [5.41, 5.74) is 2.47. The molecule has 0 spiro atoms. The fourth-order valence-electron chi connectivity index (χ4n) is 3.20. The lowest BCUT2D eigenvalue weighted by Crippen LogP contribution is -2.37. The van der Waals surface area contributed by atoms with Crippen LogP contribution in [0.4, 0.5) is 5.82 Å². The van der Waals surface area contributed by atoms with E-state index in [4.69, 9.17) is 5.11 Å². The number of aliphatic carboxylic acids is 1. The minimum absolute atomic E-state index is 0.197. The van der Waals surface area contributed by atoms with E-state index in [0.29, 0.717) is 12.8 Å². The zero-order valence-electron chi connectivity index (χ0n) is 11.9. The third-order valence-corrected chi connectivity index (χ3v) is 4.56. The molecular formula is C15H21N3O2. The number of anilines is 1. The third-order valence-electron chi connectivity index (χ3n) is 4.56. The molecule has 1 aromatic rings. The average molecular weight is 275 g/mol. The molecular weight excluding hydrogens is 254 g/mol. The maximum Gasteiger partial charge on any atom is 0.306 e. The summed E-state index contributed by atoms with van der Waals surface area (Å²) in [7, 11) is 0. The molecule has 0 aromatic carbocycles. The molecule has 3 rings (SSSR count). The number of carboxylic acids is 1. The van der Waals surface area contributed by atoms with Crippen molar-refractivity contribution in [3.8, 4) is 0 Å². The maximum atomic E-state index is 11.0. The summed E-state index contributed by atoms with van der Waals surface area (Å²) in [6.07, 6.45) is 4.72. The Kier molecular flexibility index (Phi) is 3.59. The van der Waals surface area contributed by atoms with E-state index in [1.807, 2.05) is 0 Å². The van der Waals surface area contributed by atoms with E-state index in [-0.39, 0.29) is 5.92 Å². The first-order valence-corrected chi connectivity index (χ1v) is 7.46. The number of piperidine rings is 1. The van der Waals surface area contributed by atoms with Crippen molar-refractivity contribution in [2.75, 3.05) is 18.0 Å². The first kappa shape index (κ1) is 13.3. The van der Waals surface area contributed by atoms with E-state index < -0.39 is 5.97 Å². The normalized spacial score (nSPS) is 23.4. The van der Waals surface area contributed by atoms with Crippen LogP contribution in [0.15, 0.2) is 6.07 Å². The Morgan fingerprint density at radius 2 is 2.05 bits per heavy atom. The van der Waals surface area contributed by atoms with Gasteiger partial charge < -0.3 is 10.0 Å². The van der Waals surface area contributed by atoms with Gasteiger partial charge in [0.1, 0.15) is 0 Å². The molecule has 5 heteroatoms. The van der Waals surface area contributed by atoms with Gasteiger partial charge in [0.15, 0.2) is 5.82 Å². The highest BCUT2D eigenvalue weighted by Crippen LogP contribution is 2.27. The van der Waals surface area contributed by atoms with Gasteiger partial charge in [-0.25, -0.2) is 0 Å². The molecule has 0 bridgehead atoms. The van der Waals surface area contributed by atoms with Gasteiger partial charge in [-0.15, -0.1) is 5.10 Å². The minimum atomic E-state index is -0.671. The molecule has 2 aliphatic rings. The Bertz CT molecular complexity index is 510. The van der Waals surface area contributed by atoms with Crippen molar-refractivity contribution in [3.05, 3.63) is 17.3 Å². The van der Waals surface area contributed by atoms with Gasteiger partial charge in [-0.1, -0.05) is 6.92 Å². The van der Waals surface area contributed by atoms with Gasteiger partial charge in [-0.05, 0) is 49.7 Å². The van der Waals surface area contributed by atoms with Crippen molar-refractivity contribution in [2.24, 2.45) is 11.8 Å². The average Bonchev–Trinajstić information content (AvgIpc) is 2.46. The highest BCUT2D eigenvalue weighted by atomic mass is 16.4. The lowest BCUT2D eigenvalue weighted by Gasteiger charge is -2.31. The highest BCUT2D eigenvalue weighted by molar-refractivity contribution is 5.70. The second-order valence-electron chi connectivity index (χ2n) is 6.12. The molecule has 1 saturated heterocycles. The molecule has 108 valence electrons. The fourth-order valence-corrected chi connectivity index (χ4v) is 3.20. The van der Waals surface area contributed by atoms with E-state index >= 15 is 0 Å². The van der Waals surface area contributed by atoms with Gasteiger partial charge in [0, 0.05) is 13.1 Å². The Hall–Kier alpha value is -1.65. The fraction of sp³-hybridized carbons (Fsp3) is 0.667. The van der Waals surface area contributed by atoms with E-state index in [0.717, 1.165) is 43.4 Å². The second-order valence-corrected chi connectivity index (χ2v) is 6.12. The molecule has 0 unspecified atom stereocenters. The molecule has 20 heavy (non-hydrogen) atoms. The number of nitrogens with zero attached hydrogens (tertiary/aromatic N) is 3. The molecule has 1 aliphatic heterocycles. The monoisotopic (exact) mass is 275 g/mol. The van der Waals surface area contributed by atoms with Crippen molar-refractivity contribution in [1.29, 1.82) is 0 Å². The lowest BCUT2D eigenvalue weighted by molar-refractivity contribution is -0.142. The van der Waals surface area contributed by atoms with Crippen LogP contribution in [0.1, 0.15) is 37.4 Å². The van der Waals surface area contributed by atoms with Crippen molar-refractivity contribution in [3.63, 3.8) is 0 Å². The van der Waals surface area contributed by atoms with Crippen LogP contribution in [0.3, 0.4) is 0 Å². The van der Waals surface area contributed by atoms with Gasteiger partial charge in [0.05, 0.1) is 11.6 Å². The number of hydrogen-bond acceptors (Lipinski definition) is 4. The summed E-state index contributed by atoms with van der Waals surface area (Å²) in [6.45, 7) is 3.81. The maximum absolute atomic E-state index is 11.0. The second kappa shape index (κ2) is 5.38. The Morgan fingerprint density at radius 3 is 2.75 bits per heavy atom. The largest absolute Gasteiger partial charge is 0.481 e. The van der Waals surface area contributed by atoms with E-state index in [1.54, 1.807) is 0 Å². The van der Waals surface area contributed by atoms with Crippen molar-refractivity contribution >= 4 is 11.8 Å². The SMILES string of the molecule is C[C@@H]1CCc2nnc(N3CCC(C(=O)O)CC3)cc2C1. The molecule has 0 amide bonds. The van der Waals surface area contributed by atoms with Crippen molar-refractivity contribution in [1.82, 2.24) is 10.2 Å². The zero-order valence-corrected chi connectivity index (χ0v) is 11.9. The minimum Gasteiger partial charge on any atom is -0.481 e. The van der Waals surface area contributed by atoms with Gasteiger partial charge in [-0.3, -0.25) is 4.79 Å². The van der Waals surface area contributed by atoms with Crippen LogP contribution in [0, 0.1) is 11.8 Å². The summed E-state index contributed by atoms with van der Waals surface area (Å²) in [5.74, 6) is 0.769. The van der Waals surface area contributed by atoms with Gasteiger partial charge in [0.25, 0.3) is 0 Å². The first-order valence-electron chi connectivity index (χ1n) is 7.46. The van der Waals surface area contributed by atoms with Crippen LogP contribution in [0.25, 0.3) is 0 Å². The van der Waals surface area contributed by atoms with Crippen LogP contribution in [0.5, 0.6) is 0 Å². The van der Waals surface area contributed by atoms with E-state index in [9.17, 15) is 4.79 Å². The van der Waals surface area contributed by atoms with E-state index in [2.05, 4.69) is 28.1 Å². The first-order chi connectivity index (χ1) is 9.63. The zero-order chi connectivity index (χ0) is 14.1. The topological polar surface area (TPSA) is 66.3 Å². The van der Waals surface area contributed by atoms with E-state index in [1.165, 1.54) is 12.0 Å². The van der Waals surface area contributed by atoms with Gasteiger partial charge >= 0.3 is 5.97 Å². The molecule has 0 radical (unpaired) electrons. The smallest absolute Gasteiger partial charge is 0.306 e. The quantitative estimate of drug-likeness (QED) is 0.893. The van der Waals surface area contributed by atoms with Crippen LogP contribution >= 0.6 is 0 Å². The Balaban J connectivity index is 1.72. The summed E-state index contributed by atoms with van der Waals surface area (Å²) < 4.78 is 0. The number of hydrogen-bond donors (Lipinski definition) is 1. The molecule has 1 fully saturated rings. The number of rotatable bonds is 2. The number of carbonyl (C=O) groups is 1. The molecule has 1 aliphatic carbocycles. The number of fused-ring (bicyclic) bond motifs is 1. The summed E-state index contributed by atoms with van der Waals surface area (Å²) in [6, 6.07) is 2.17. The summed E-state index contributed by atoms with van der Waals surface area (Å²) >= 11 is 0. The lowest BCUT2D eigenvalue weighted by atomic mass is 9.88. The Labute approximate surface area is 119 Å². The highest BCUT2D eigenvalue weighted by Gasteiger charge is 2.26. The van der Waals surface area contributed by atoms with Crippen LogP contribution in [-0.2, 0) is 17.6 Å². The standard InChI is InChI=1S/C15H21N3O2/c1-10-2-3-13-12(8-10)9-14(17-16-13)18-6-4-11(5-7-18)15(19)20/h9-11H,2-8H2,1H3,(H,19,20)/t10-/m1/s1. The molecule has 0 saturated carbocycles.